The number of hydrogen-bond acceptors (Lipinski definition) is 4. The van der Waals surface area contributed by atoms with Crippen molar-refractivity contribution in [3.63, 3.8) is 0 Å². The molecule has 0 fully saturated rings. The molecule has 12 heavy (non-hydrogen) atoms. The Labute approximate surface area is 68.9 Å². The number of aromatic nitrogens is 1. The third-order valence-electron chi connectivity index (χ3n) is 1.47. The lowest BCUT2D eigenvalue weighted by atomic mass is 10.3. The van der Waals surface area contributed by atoms with Gasteiger partial charge in [-0.2, -0.15) is 0 Å². The van der Waals surface area contributed by atoms with E-state index >= 15 is 0 Å². The van der Waals surface area contributed by atoms with Crippen molar-refractivity contribution in [1.29, 1.82) is 0 Å². The Morgan fingerprint density at radius 3 is 3.33 bits per heavy atom. The van der Waals surface area contributed by atoms with E-state index in [9.17, 15) is 4.79 Å². The molecule has 0 unspecified atom stereocenters. The van der Waals surface area contributed by atoms with Crippen LogP contribution in [0.3, 0.4) is 0 Å². The Bertz CT molecular complexity index is 347. The molecule has 0 atom stereocenters. The molecule has 4 heteroatoms. The number of anilines is 1. The van der Waals surface area contributed by atoms with Crippen molar-refractivity contribution in [3.8, 4) is 5.88 Å². The summed E-state index contributed by atoms with van der Waals surface area (Å²) >= 11 is 0. The smallest absolute Gasteiger partial charge is 0.242 e. The van der Waals surface area contributed by atoms with Gasteiger partial charge in [0.2, 0.25) is 5.88 Å². The third kappa shape index (κ3) is 1.03. The van der Waals surface area contributed by atoms with E-state index in [1.165, 1.54) is 6.26 Å². The molecular weight excluding hydrogens is 156 g/mol. The van der Waals surface area contributed by atoms with E-state index in [-0.39, 0.29) is 0 Å². The predicted molar refractivity (Wildman–Crippen MR) is 42.6 cm³/mol. The zero-order valence-corrected chi connectivity index (χ0v) is 6.15. The number of carbonyl (C=O) groups is 1. The number of nitrogens with one attached hydrogen (secondary N) is 1. The minimum atomic E-state index is 0.399. The second-order valence-corrected chi connectivity index (χ2v) is 2.29. The van der Waals surface area contributed by atoms with Crippen LogP contribution in [0.15, 0.2) is 30.3 Å². The van der Waals surface area contributed by atoms with E-state index in [0.29, 0.717) is 23.6 Å². The molecule has 2 heterocycles. The third-order valence-corrected chi connectivity index (χ3v) is 1.47. The molecule has 0 aliphatic carbocycles. The second-order valence-electron chi connectivity index (χ2n) is 2.29. The lowest BCUT2D eigenvalue weighted by molar-refractivity contribution is -0.104. The number of fused-ring (bicyclic) bond motifs is 1. The first-order chi connectivity index (χ1) is 5.90. The van der Waals surface area contributed by atoms with Crippen molar-refractivity contribution >= 4 is 12.0 Å². The van der Waals surface area contributed by atoms with E-state index in [2.05, 4.69) is 10.3 Å². The number of pyridine rings is 1. The Kier molecular flexibility index (Phi) is 1.51. The number of ether oxygens (including phenoxy) is 1. The van der Waals surface area contributed by atoms with Gasteiger partial charge in [-0.1, -0.05) is 0 Å². The van der Waals surface area contributed by atoms with Gasteiger partial charge in [0.15, 0.2) is 6.29 Å². The molecule has 0 spiro atoms. The highest BCUT2D eigenvalue weighted by atomic mass is 16.5. The first kappa shape index (κ1) is 6.84. The fourth-order valence-corrected chi connectivity index (χ4v) is 0.941. The first-order valence-corrected chi connectivity index (χ1v) is 3.44. The standard InChI is InChI=1S/C8H6N2O2/c11-4-6-5-12-8-7(10-6)2-1-3-9-8/h1-5,10H. The van der Waals surface area contributed by atoms with Gasteiger partial charge in [-0.3, -0.25) is 4.79 Å². The maximum atomic E-state index is 10.3. The van der Waals surface area contributed by atoms with Crippen LogP contribution in [-0.2, 0) is 4.79 Å². The molecule has 2 rings (SSSR count). The van der Waals surface area contributed by atoms with Crippen LogP contribution in [0.5, 0.6) is 5.88 Å². The quantitative estimate of drug-likeness (QED) is 0.624. The summed E-state index contributed by atoms with van der Waals surface area (Å²) in [7, 11) is 0. The Hall–Kier alpha value is -1.84. The summed E-state index contributed by atoms with van der Waals surface area (Å²) in [5.41, 5.74) is 1.11. The van der Waals surface area contributed by atoms with Crippen LogP contribution in [0.2, 0.25) is 0 Å². The van der Waals surface area contributed by atoms with Crippen LogP contribution in [0, 0.1) is 0 Å². The fraction of sp³-hybridized carbons (Fsp3) is 0. The summed E-state index contributed by atoms with van der Waals surface area (Å²) < 4.78 is 5.06. The molecule has 0 amide bonds. The van der Waals surface area contributed by atoms with Gasteiger partial charge in [0.25, 0.3) is 0 Å². The second kappa shape index (κ2) is 2.65. The first-order valence-electron chi connectivity index (χ1n) is 3.44. The topological polar surface area (TPSA) is 51.2 Å². The lowest BCUT2D eigenvalue weighted by Gasteiger charge is -2.13. The highest BCUT2D eigenvalue weighted by molar-refractivity contribution is 5.80. The summed E-state index contributed by atoms with van der Waals surface area (Å²) in [4.78, 5) is 14.3. The monoisotopic (exact) mass is 162 g/mol. The maximum absolute atomic E-state index is 10.3. The van der Waals surface area contributed by atoms with Gasteiger partial charge in [-0.15, -0.1) is 0 Å². The Balaban J connectivity index is 2.36. The van der Waals surface area contributed by atoms with Crippen LogP contribution in [0.4, 0.5) is 5.69 Å². The molecule has 0 aromatic carbocycles. The number of rotatable bonds is 1. The number of aldehydes is 1. The molecule has 1 aromatic rings. The molecule has 1 aliphatic rings. The molecule has 1 N–H and O–H groups in total. The zero-order chi connectivity index (χ0) is 8.39. The van der Waals surface area contributed by atoms with Crippen molar-refractivity contribution < 1.29 is 9.53 Å². The summed E-state index contributed by atoms with van der Waals surface area (Å²) in [6.45, 7) is 0. The van der Waals surface area contributed by atoms with E-state index in [1.807, 2.05) is 0 Å². The van der Waals surface area contributed by atoms with Crippen LogP contribution in [0.1, 0.15) is 0 Å². The van der Waals surface area contributed by atoms with Crippen molar-refractivity contribution in [2.45, 2.75) is 0 Å². The van der Waals surface area contributed by atoms with Crippen molar-refractivity contribution in [1.82, 2.24) is 4.98 Å². The van der Waals surface area contributed by atoms with Gasteiger partial charge >= 0.3 is 0 Å². The fourth-order valence-electron chi connectivity index (χ4n) is 0.941. The summed E-state index contributed by atoms with van der Waals surface area (Å²) in [6.07, 6.45) is 3.65. The van der Waals surface area contributed by atoms with E-state index < -0.39 is 0 Å². The summed E-state index contributed by atoms with van der Waals surface area (Å²) in [6, 6.07) is 3.56. The van der Waals surface area contributed by atoms with Gasteiger partial charge < -0.3 is 10.1 Å². The number of hydrogen-bond donors (Lipinski definition) is 1. The maximum Gasteiger partial charge on any atom is 0.242 e. The Morgan fingerprint density at radius 2 is 2.50 bits per heavy atom. The van der Waals surface area contributed by atoms with E-state index in [0.717, 1.165) is 0 Å². The number of nitrogens with zero attached hydrogens (tertiary/aromatic N) is 1. The van der Waals surface area contributed by atoms with Gasteiger partial charge in [0.05, 0.1) is 0 Å². The van der Waals surface area contributed by atoms with Gasteiger partial charge in [0, 0.05) is 6.20 Å². The van der Waals surface area contributed by atoms with Crippen LogP contribution in [-0.4, -0.2) is 11.3 Å². The molecule has 4 nitrogen and oxygen atoms in total. The molecular formula is C8H6N2O2. The van der Waals surface area contributed by atoms with Crippen LogP contribution < -0.4 is 10.1 Å². The molecule has 0 bridgehead atoms. The van der Waals surface area contributed by atoms with Crippen molar-refractivity contribution in [3.05, 3.63) is 30.3 Å². The van der Waals surface area contributed by atoms with E-state index in [4.69, 9.17) is 4.74 Å². The average Bonchev–Trinajstić information content (AvgIpc) is 2.17. The molecule has 1 aliphatic heterocycles. The average molecular weight is 162 g/mol. The van der Waals surface area contributed by atoms with Crippen LogP contribution in [0.25, 0.3) is 0 Å². The highest BCUT2D eigenvalue weighted by Gasteiger charge is 2.10. The van der Waals surface area contributed by atoms with Gasteiger partial charge in [-0.25, -0.2) is 4.98 Å². The highest BCUT2D eigenvalue weighted by Crippen LogP contribution is 2.25. The van der Waals surface area contributed by atoms with Crippen LogP contribution >= 0.6 is 0 Å². The van der Waals surface area contributed by atoms with E-state index in [1.54, 1.807) is 18.3 Å². The summed E-state index contributed by atoms with van der Waals surface area (Å²) in [5, 5.41) is 2.85. The normalized spacial score (nSPS) is 13.5. The molecule has 60 valence electrons. The van der Waals surface area contributed by atoms with Gasteiger partial charge in [-0.05, 0) is 12.1 Å². The number of allylic oxidation sites excluding steroid dienone is 1. The SMILES string of the molecule is O=CC1=COc2ncccc2N1. The molecule has 0 saturated carbocycles. The minimum absolute atomic E-state index is 0.399. The number of carbonyl (C=O) groups excluding carboxylic acids is 1. The van der Waals surface area contributed by atoms with Crippen molar-refractivity contribution in [2.75, 3.05) is 5.32 Å². The Morgan fingerprint density at radius 1 is 1.58 bits per heavy atom. The largest absolute Gasteiger partial charge is 0.443 e. The molecule has 1 aromatic heterocycles. The zero-order valence-electron chi connectivity index (χ0n) is 6.15. The molecule has 0 radical (unpaired) electrons. The lowest BCUT2D eigenvalue weighted by Crippen LogP contribution is -2.09. The predicted octanol–water partition coefficient (Wildman–Crippen LogP) is 0.926. The van der Waals surface area contributed by atoms with Crippen molar-refractivity contribution in [2.24, 2.45) is 0 Å². The van der Waals surface area contributed by atoms with Gasteiger partial charge in [0.1, 0.15) is 17.6 Å². The summed E-state index contributed by atoms with van der Waals surface area (Å²) in [5.74, 6) is 0.489. The molecule has 0 saturated heterocycles. The minimum Gasteiger partial charge on any atom is -0.443 e.